The second kappa shape index (κ2) is 6.93. The van der Waals surface area contributed by atoms with E-state index in [0.29, 0.717) is 12.1 Å². The molecule has 0 bridgehead atoms. The van der Waals surface area contributed by atoms with Crippen LogP contribution in [0.4, 0.5) is 5.69 Å². The highest BCUT2D eigenvalue weighted by Crippen LogP contribution is 2.27. The van der Waals surface area contributed by atoms with Crippen molar-refractivity contribution in [1.82, 2.24) is 0 Å². The molecule has 1 N–H and O–H groups in total. The molecule has 24 heavy (non-hydrogen) atoms. The maximum Gasteiger partial charge on any atom is 0.180 e. The van der Waals surface area contributed by atoms with Crippen LogP contribution in [0, 0.1) is 11.3 Å². The van der Waals surface area contributed by atoms with Gasteiger partial charge in [-0.05, 0) is 60.9 Å². The van der Waals surface area contributed by atoms with Gasteiger partial charge >= 0.3 is 0 Å². The Hall–Kier alpha value is -2.52. The Morgan fingerprint density at radius 2 is 1.96 bits per heavy atom. The number of benzene rings is 2. The summed E-state index contributed by atoms with van der Waals surface area (Å²) in [6.45, 7) is 1.07. The molecule has 0 aromatic heterocycles. The first-order valence-electron chi connectivity index (χ1n) is 7.81. The molecule has 0 saturated carbocycles. The minimum atomic E-state index is -3.37. The zero-order valence-corrected chi connectivity index (χ0v) is 14.0. The third-order valence-corrected chi connectivity index (χ3v) is 5.68. The third kappa shape index (κ3) is 3.69. The standard InChI is InChI=1S/C18H18N2O3S/c19-13-14-3-6-17(7-4-14)24(21,22)11-9-20-16-5-8-18-15(12-16)2-1-10-23-18/h3-8,12,20H,1-2,9-11H2. The summed E-state index contributed by atoms with van der Waals surface area (Å²) in [5, 5.41) is 11.9. The predicted molar refractivity (Wildman–Crippen MR) is 92.0 cm³/mol. The molecule has 0 aliphatic carbocycles. The van der Waals surface area contributed by atoms with Gasteiger partial charge in [-0.3, -0.25) is 0 Å². The van der Waals surface area contributed by atoms with Gasteiger partial charge in [0.15, 0.2) is 9.84 Å². The van der Waals surface area contributed by atoms with Crippen molar-refractivity contribution in [2.45, 2.75) is 17.7 Å². The van der Waals surface area contributed by atoms with Gasteiger partial charge < -0.3 is 10.1 Å². The van der Waals surface area contributed by atoms with Crippen LogP contribution >= 0.6 is 0 Å². The Balaban J connectivity index is 1.62. The van der Waals surface area contributed by atoms with Gasteiger partial charge in [0.2, 0.25) is 0 Å². The second-order valence-electron chi connectivity index (χ2n) is 5.66. The van der Waals surface area contributed by atoms with Crippen LogP contribution in [0.3, 0.4) is 0 Å². The molecule has 124 valence electrons. The van der Waals surface area contributed by atoms with Gasteiger partial charge in [0.25, 0.3) is 0 Å². The van der Waals surface area contributed by atoms with E-state index < -0.39 is 9.84 Å². The van der Waals surface area contributed by atoms with Crippen LogP contribution in [0.1, 0.15) is 17.5 Å². The van der Waals surface area contributed by atoms with Crippen molar-refractivity contribution < 1.29 is 13.2 Å². The van der Waals surface area contributed by atoms with Crippen LogP contribution in [0.2, 0.25) is 0 Å². The maximum absolute atomic E-state index is 12.3. The molecule has 0 amide bonds. The number of hydrogen-bond acceptors (Lipinski definition) is 5. The molecule has 1 aliphatic heterocycles. The molecular weight excluding hydrogens is 324 g/mol. The zero-order valence-electron chi connectivity index (χ0n) is 13.2. The van der Waals surface area contributed by atoms with Crippen LogP contribution in [0.15, 0.2) is 47.4 Å². The third-order valence-electron chi connectivity index (χ3n) is 3.95. The van der Waals surface area contributed by atoms with Gasteiger partial charge in [0.05, 0.1) is 28.9 Å². The average molecular weight is 342 g/mol. The molecule has 2 aromatic carbocycles. The molecule has 5 nitrogen and oxygen atoms in total. The Bertz CT molecular complexity index is 868. The van der Waals surface area contributed by atoms with E-state index in [1.54, 1.807) is 0 Å². The molecule has 1 heterocycles. The molecule has 0 spiro atoms. The lowest BCUT2D eigenvalue weighted by Crippen LogP contribution is -2.16. The normalized spacial score (nSPS) is 13.5. The number of rotatable bonds is 5. The SMILES string of the molecule is N#Cc1ccc(S(=O)(=O)CCNc2ccc3c(c2)CCCO3)cc1. The number of fused-ring (bicyclic) bond motifs is 1. The molecule has 0 saturated heterocycles. The summed E-state index contributed by atoms with van der Waals surface area (Å²) in [5.41, 5.74) is 2.50. The number of ether oxygens (including phenoxy) is 1. The number of hydrogen-bond donors (Lipinski definition) is 1. The molecule has 3 rings (SSSR count). The van der Waals surface area contributed by atoms with E-state index in [0.717, 1.165) is 36.4 Å². The summed E-state index contributed by atoms with van der Waals surface area (Å²) in [6, 6.07) is 13.8. The van der Waals surface area contributed by atoms with Crippen LogP contribution in [-0.2, 0) is 16.3 Å². The van der Waals surface area contributed by atoms with Crippen molar-refractivity contribution in [3.8, 4) is 11.8 Å². The summed E-state index contributed by atoms with van der Waals surface area (Å²) in [7, 11) is -3.37. The Kier molecular flexibility index (Phi) is 4.72. The molecule has 0 atom stereocenters. The highest BCUT2D eigenvalue weighted by molar-refractivity contribution is 7.91. The molecule has 0 fully saturated rings. The number of sulfone groups is 1. The van der Waals surface area contributed by atoms with Gasteiger partial charge in [0.1, 0.15) is 5.75 Å². The van der Waals surface area contributed by atoms with E-state index in [2.05, 4.69) is 5.32 Å². The predicted octanol–water partition coefficient (Wildman–Crippen LogP) is 2.77. The van der Waals surface area contributed by atoms with Gasteiger partial charge in [-0.1, -0.05) is 0 Å². The quantitative estimate of drug-likeness (QED) is 0.904. The van der Waals surface area contributed by atoms with E-state index in [4.69, 9.17) is 10.00 Å². The minimum Gasteiger partial charge on any atom is -0.493 e. The molecule has 2 aromatic rings. The van der Waals surface area contributed by atoms with E-state index >= 15 is 0 Å². The Morgan fingerprint density at radius 3 is 2.71 bits per heavy atom. The van der Waals surface area contributed by atoms with Gasteiger partial charge in [-0.25, -0.2) is 8.42 Å². The summed E-state index contributed by atoms with van der Waals surface area (Å²) in [6.07, 6.45) is 1.98. The molecule has 0 unspecified atom stereocenters. The molecular formula is C18H18N2O3S. The van der Waals surface area contributed by atoms with Crippen LogP contribution in [0.5, 0.6) is 5.75 Å². The molecule has 1 aliphatic rings. The van der Waals surface area contributed by atoms with Gasteiger partial charge in [0, 0.05) is 12.2 Å². The molecule has 6 heteroatoms. The summed E-state index contributed by atoms with van der Waals surface area (Å²) < 4.78 is 30.2. The topological polar surface area (TPSA) is 79.2 Å². The monoisotopic (exact) mass is 342 g/mol. The first kappa shape index (κ1) is 16.3. The summed E-state index contributed by atoms with van der Waals surface area (Å²) in [5.74, 6) is 0.906. The average Bonchev–Trinajstić information content (AvgIpc) is 2.61. The van der Waals surface area contributed by atoms with Crippen LogP contribution in [0.25, 0.3) is 0 Å². The highest BCUT2D eigenvalue weighted by atomic mass is 32.2. The highest BCUT2D eigenvalue weighted by Gasteiger charge is 2.14. The van der Waals surface area contributed by atoms with E-state index in [9.17, 15) is 8.42 Å². The Labute approximate surface area is 141 Å². The number of aryl methyl sites for hydroxylation is 1. The van der Waals surface area contributed by atoms with Crippen molar-refractivity contribution in [3.05, 3.63) is 53.6 Å². The van der Waals surface area contributed by atoms with E-state index in [-0.39, 0.29) is 10.6 Å². The number of nitrogens with one attached hydrogen (secondary N) is 1. The fraction of sp³-hybridized carbons (Fsp3) is 0.278. The smallest absolute Gasteiger partial charge is 0.180 e. The number of nitriles is 1. The number of nitrogens with zero attached hydrogens (tertiary/aromatic N) is 1. The lowest BCUT2D eigenvalue weighted by molar-refractivity contribution is 0.288. The lowest BCUT2D eigenvalue weighted by Gasteiger charge is -2.18. The minimum absolute atomic E-state index is 0.00746. The van der Waals surface area contributed by atoms with E-state index in [1.165, 1.54) is 24.3 Å². The Morgan fingerprint density at radius 1 is 1.17 bits per heavy atom. The fourth-order valence-corrected chi connectivity index (χ4v) is 3.81. The van der Waals surface area contributed by atoms with Gasteiger partial charge in [-0.2, -0.15) is 5.26 Å². The van der Waals surface area contributed by atoms with Crippen molar-refractivity contribution >= 4 is 15.5 Å². The second-order valence-corrected chi connectivity index (χ2v) is 7.77. The van der Waals surface area contributed by atoms with Gasteiger partial charge in [-0.15, -0.1) is 0 Å². The van der Waals surface area contributed by atoms with Crippen LogP contribution < -0.4 is 10.1 Å². The van der Waals surface area contributed by atoms with E-state index in [1.807, 2.05) is 24.3 Å². The maximum atomic E-state index is 12.3. The van der Waals surface area contributed by atoms with Crippen molar-refractivity contribution in [2.75, 3.05) is 24.2 Å². The van der Waals surface area contributed by atoms with Crippen molar-refractivity contribution in [1.29, 1.82) is 5.26 Å². The fourth-order valence-electron chi connectivity index (χ4n) is 2.65. The molecule has 0 radical (unpaired) electrons. The largest absolute Gasteiger partial charge is 0.493 e. The van der Waals surface area contributed by atoms with Crippen molar-refractivity contribution in [2.24, 2.45) is 0 Å². The summed E-state index contributed by atoms with van der Waals surface area (Å²) in [4.78, 5) is 0.238. The summed E-state index contributed by atoms with van der Waals surface area (Å²) >= 11 is 0. The van der Waals surface area contributed by atoms with Crippen LogP contribution in [-0.4, -0.2) is 27.3 Å². The number of anilines is 1. The van der Waals surface area contributed by atoms with Crippen molar-refractivity contribution in [3.63, 3.8) is 0 Å². The zero-order chi connectivity index (χ0) is 17.0. The first-order chi connectivity index (χ1) is 11.6. The lowest BCUT2D eigenvalue weighted by atomic mass is 10.1. The first-order valence-corrected chi connectivity index (χ1v) is 9.46.